The summed E-state index contributed by atoms with van der Waals surface area (Å²) in [5, 5.41) is 3.52. The maximum Gasteiger partial charge on any atom is 0.307 e. The topological polar surface area (TPSA) is 72.5 Å². The van der Waals surface area contributed by atoms with Gasteiger partial charge in [-0.2, -0.15) is 0 Å². The Hall–Kier alpha value is -1.88. The fraction of sp³-hybridized carbons (Fsp3) is 0.550. The number of amides is 1. The van der Waals surface area contributed by atoms with Crippen molar-refractivity contribution in [1.82, 2.24) is 5.32 Å². The summed E-state index contributed by atoms with van der Waals surface area (Å²) in [4.78, 5) is 36.2. The van der Waals surface area contributed by atoms with Gasteiger partial charge in [0.1, 0.15) is 0 Å². The van der Waals surface area contributed by atoms with E-state index >= 15 is 0 Å². The first-order valence-electron chi connectivity index (χ1n) is 9.15. The van der Waals surface area contributed by atoms with Gasteiger partial charge in [0.2, 0.25) is 0 Å². The lowest BCUT2D eigenvalue weighted by Gasteiger charge is -2.30. The Kier molecular flexibility index (Phi) is 7.64. The van der Waals surface area contributed by atoms with Crippen LogP contribution < -0.4 is 5.32 Å². The molecule has 1 saturated carbocycles. The number of halogens is 1. The highest BCUT2D eigenvalue weighted by molar-refractivity contribution is 6.30. The Morgan fingerprint density at radius 1 is 1.15 bits per heavy atom. The second kappa shape index (κ2) is 9.72. The number of esters is 1. The van der Waals surface area contributed by atoms with Crippen molar-refractivity contribution < 1.29 is 19.1 Å². The Morgan fingerprint density at radius 3 is 2.46 bits per heavy atom. The van der Waals surface area contributed by atoms with Crippen molar-refractivity contribution in [3.8, 4) is 0 Å². The molecule has 2 rings (SSSR count). The number of ketones is 1. The zero-order chi connectivity index (χ0) is 19.1. The average molecular weight is 380 g/mol. The largest absolute Gasteiger partial charge is 0.453 e. The van der Waals surface area contributed by atoms with E-state index in [0.717, 1.165) is 19.3 Å². The smallest absolute Gasteiger partial charge is 0.307 e. The number of carbonyl (C=O) groups is 3. The van der Waals surface area contributed by atoms with E-state index < -0.39 is 12.1 Å². The van der Waals surface area contributed by atoms with Crippen LogP contribution in [-0.4, -0.2) is 29.8 Å². The second-order valence-electron chi connectivity index (χ2n) is 6.94. The summed E-state index contributed by atoms with van der Waals surface area (Å²) in [7, 11) is 0. The van der Waals surface area contributed by atoms with Gasteiger partial charge in [-0.3, -0.25) is 14.4 Å². The third-order valence-corrected chi connectivity index (χ3v) is 5.09. The molecule has 0 aromatic heterocycles. The van der Waals surface area contributed by atoms with E-state index in [1.165, 1.54) is 6.42 Å². The molecule has 1 amide bonds. The van der Waals surface area contributed by atoms with Gasteiger partial charge in [0.05, 0.1) is 6.42 Å². The summed E-state index contributed by atoms with van der Waals surface area (Å²) in [6.07, 6.45) is 3.49. The van der Waals surface area contributed by atoms with Crippen molar-refractivity contribution in [3.05, 3.63) is 34.9 Å². The lowest BCUT2D eigenvalue weighted by Crippen LogP contribution is -2.46. The third-order valence-electron chi connectivity index (χ3n) is 4.84. The molecule has 0 saturated heterocycles. The minimum absolute atomic E-state index is 0.0362. The molecule has 26 heavy (non-hydrogen) atoms. The maximum absolute atomic E-state index is 12.2. The first-order valence-corrected chi connectivity index (χ1v) is 9.53. The molecule has 5 nitrogen and oxygen atoms in total. The van der Waals surface area contributed by atoms with E-state index in [1.807, 2.05) is 0 Å². The van der Waals surface area contributed by atoms with Crippen LogP contribution in [0.3, 0.4) is 0 Å². The standard InChI is InChI=1S/C20H26ClNO4/c1-13-5-3-4-6-17(13)22-20(25)14(2)26-19(24)12-11-18(23)15-7-9-16(21)10-8-15/h7-10,13-14,17H,3-6,11-12H2,1-2H3,(H,22,25). The predicted octanol–water partition coefficient (Wildman–Crippen LogP) is 3.93. The Bertz CT molecular complexity index is 644. The molecule has 0 bridgehead atoms. The van der Waals surface area contributed by atoms with E-state index in [9.17, 15) is 14.4 Å². The van der Waals surface area contributed by atoms with Crippen LogP contribution >= 0.6 is 11.6 Å². The summed E-state index contributed by atoms with van der Waals surface area (Å²) >= 11 is 5.79. The van der Waals surface area contributed by atoms with Gasteiger partial charge in [-0.1, -0.05) is 31.4 Å². The molecule has 3 unspecified atom stereocenters. The molecular formula is C20H26ClNO4. The molecule has 6 heteroatoms. The Morgan fingerprint density at radius 2 is 1.81 bits per heavy atom. The van der Waals surface area contributed by atoms with Gasteiger partial charge in [0.25, 0.3) is 5.91 Å². The van der Waals surface area contributed by atoms with Crippen LogP contribution in [0.2, 0.25) is 5.02 Å². The van der Waals surface area contributed by atoms with Gasteiger partial charge in [-0.25, -0.2) is 0 Å². The van der Waals surface area contributed by atoms with Gasteiger partial charge in [0.15, 0.2) is 11.9 Å². The Labute approximate surface area is 159 Å². The van der Waals surface area contributed by atoms with Crippen molar-refractivity contribution in [1.29, 1.82) is 0 Å². The van der Waals surface area contributed by atoms with E-state index in [2.05, 4.69) is 12.2 Å². The molecular weight excluding hydrogens is 354 g/mol. The molecule has 1 aromatic rings. The fourth-order valence-electron chi connectivity index (χ4n) is 3.14. The zero-order valence-corrected chi connectivity index (χ0v) is 16.1. The summed E-state index contributed by atoms with van der Waals surface area (Å²) in [6.45, 7) is 3.69. The predicted molar refractivity (Wildman–Crippen MR) is 100 cm³/mol. The van der Waals surface area contributed by atoms with E-state index in [1.54, 1.807) is 31.2 Å². The lowest BCUT2D eigenvalue weighted by molar-refractivity contribution is -0.155. The zero-order valence-electron chi connectivity index (χ0n) is 15.3. The van der Waals surface area contributed by atoms with Gasteiger partial charge in [-0.05, 0) is 49.9 Å². The molecule has 0 radical (unpaired) electrons. The minimum Gasteiger partial charge on any atom is -0.453 e. The first kappa shape index (κ1) is 20.4. The van der Waals surface area contributed by atoms with E-state index in [4.69, 9.17) is 16.3 Å². The number of carbonyl (C=O) groups excluding carboxylic acids is 3. The summed E-state index contributed by atoms with van der Waals surface area (Å²) in [5.41, 5.74) is 0.499. The molecule has 0 spiro atoms. The molecule has 142 valence electrons. The van der Waals surface area contributed by atoms with Crippen LogP contribution in [0, 0.1) is 5.92 Å². The number of hydrogen-bond acceptors (Lipinski definition) is 4. The van der Waals surface area contributed by atoms with Gasteiger partial charge < -0.3 is 10.1 Å². The number of nitrogens with one attached hydrogen (secondary N) is 1. The lowest BCUT2D eigenvalue weighted by atomic mass is 9.86. The van der Waals surface area contributed by atoms with Crippen LogP contribution in [0.5, 0.6) is 0 Å². The minimum atomic E-state index is -0.859. The van der Waals surface area contributed by atoms with Crippen molar-refractivity contribution in [2.45, 2.75) is 64.5 Å². The van der Waals surface area contributed by atoms with Crippen LogP contribution in [0.1, 0.15) is 62.7 Å². The van der Waals surface area contributed by atoms with Crippen molar-refractivity contribution in [3.63, 3.8) is 0 Å². The summed E-state index contributed by atoms with van der Waals surface area (Å²) in [5.74, 6) is -0.549. The monoisotopic (exact) mass is 379 g/mol. The normalized spacial score (nSPS) is 20.9. The summed E-state index contributed by atoms with van der Waals surface area (Å²) in [6, 6.07) is 6.65. The molecule has 1 aliphatic carbocycles. The quantitative estimate of drug-likeness (QED) is 0.575. The number of rotatable bonds is 7. The Balaban J connectivity index is 1.74. The summed E-state index contributed by atoms with van der Waals surface area (Å²) < 4.78 is 5.17. The van der Waals surface area contributed by atoms with Crippen molar-refractivity contribution in [2.75, 3.05) is 0 Å². The van der Waals surface area contributed by atoms with Crippen LogP contribution in [-0.2, 0) is 14.3 Å². The number of ether oxygens (including phenoxy) is 1. The number of Topliss-reactive ketones (excluding diaryl/α,β-unsaturated/α-hetero) is 1. The van der Waals surface area contributed by atoms with Crippen LogP contribution in [0.15, 0.2) is 24.3 Å². The SMILES string of the molecule is CC(OC(=O)CCC(=O)c1ccc(Cl)cc1)C(=O)NC1CCCCC1C. The van der Waals surface area contributed by atoms with Crippen LogP contribution in [0.25, 0.3) is 0 Å². The van der Waals surface area contributed by atoms with E-state index in [-0.39, 0.29) is 30.6 Å². The highest BCUT2D eigenvalue weighted by Crippen LogP contribution is 2.23. The van der Waals surface area contributed by atoms with Gasteiger partial charge in [0, 0.05) is 23.0 Å². The highest BCUT2D eigenvalue weighted by Gasteiger charge is 2.26. The first-order chi connectivity index (χ1) is 12.4. The number of hydrogen-bond donors (Lipinski definition) is 1. The third kappa shape index (κ3) is 6.13. The molecule has 0 heterocycles. The number of benzene rings is 1. The van der Waals surface area contributed by atoms with Gasteiger partial charge in [-0.15, -0.1) is 0 Å². The molecule has 1 fully saturated rings. The average Bonchev–Trinajstić information content (AvgIpc) is 2.62. The second-order valence-corrected chi connectivity index (χ2v) is 7.38. The van der Waals surface area contributed by atoms with Crippen molar-refractivity contribution in [2.24, 2.45) is 5.92 Å². The fourth-order valence-corrected chi connectivity index (χ4v) is 3.26. The molecule has 3 atom stereocenters. The molecule has 1 aromatic carbocycles. The maximum atomic E-state index is 12.2. The highest BCUT2D eigenvalue weighted by atomic mass is 35.5. The molecule has 1 aliphatic rings. The van der Waals surface area contributed by atoms with Crippen LogP contribution in [0.4, 0.5) is 0 Å². The molecule has 0 aliphatic heterocycles. The van der Waals surface area contributed by atoms with E-state index in [0.29, 0.717) is 16.5 Å². The van der Waals surface area contributed by atoms with Crippen molar-refractivity contribution >= 4 is 29.3 Å². The molecule has 1 N–H and O–H groups in total. The van der Waals surface area contributed by atoms with Gasteiger partial charge >= 0.3 is 5.97 Å².